The van der Waals surface area contributed by atoms with Gasteiger partial charge in [-0.25, -0.2) is 0 Å². The van der Waals surface area contributed by atoms with Crippen LogP contribution in [0.1, 0.15) is 34.9 Å². The molecule has 1 aromatic rings. The summed E-state index contributed by atoms with van der Waals surface area (Å²) in [6.07, 6.45) is 2.52. The maximum Gasteiger partial charge on any atom is 0.200 e. The van der Waals surface area contributed by atoms with Crippen molar-refractivity contribution >= 4 is 6.29 Å². The Morgan fingerprint density at radius 3 is 3.06 bits per heavy atom. The van der Waals surface area contributed by atoms with Gasteiger partial charge < -0.3 is 14.2 Å². The molecule has 2 aliphatic heterocycles. The molecule has 2 bridgehead atoms. The second-order valence-corrected chi connectivity index (χ2v) is 4.01. The fraction of sp³-hybridized carbons (Fsp3) is 0.417. The molecule has 1 aromatic carbocycles. The number of hydrogen-bond donors (Lipinski definition) is 0. The van der Waals surface area contributed by atoms with Crippen LogP contribution in [0.5, 0.6) is 11.5 Å². The normalized spacial score (nSPS) is 25.8. The van der Waals surface area contributed by atoms with Gasteiger partial charge in [0.05, 0.1) is 13.2 Å². The fourth-order valence-corrected chi connectivity index (χ4v) is 2.28. The van der Waals surface area contributed by atoms with Gasteiger partial charge >= 0.3 is 0 Å². The van der Waals surface area contributed by atoms with E-state index in [-0.39, 0.29) is 12.4 Å². The zero-order chi connectivity index (χ0) is 11.1. The van der Waals surface area contributed by atoms with E-state index < -0.39 is 0 Å². The molecule has 0 aliphatic carbocycles. The Bertz CT molecular complexity index is 441. The van der Waals surface area contributed by atoms with Gasteiger partial charge in [-0.05, 0) is 18.6 Å². The first-order valence-electron chi connectivity index (χ1n) is 5.31. The lowest BCUT2D eigenvalue weighted by Crippen LogP contribution is -2.21. The number of benzene rings is 1. The monoisotopic (exact) mass is 220 g/mol. The third kappa shape index (κ3) is 1.30. The van der Waals surface area contributed by atoms with Gasteiger partial charge in [0.1, 0.15) is 6.29 Å². The number of fused-ring (bicyclic) bond motifs is 4. The van der Waals surface area contributed by atoms with Gasteiger partial charge in [0.15, 0.2) is 11.5 Å². The summed E-state index contributed by atoms with van der Waals surface area (Å²) in [7, 11) is 1.57. The van der Waals surface area contributed by atoms with Crippen LogP contribution in [-0.2, 0) is 4.74 Å². The number of ether oxygens (including phenoxy) is 3. The van der Waals surface area contributed by atoms with E-state index in [0.29, 0.717) is 11.3 Å². The number of carbonyl (C=O) groups is 1. The molecule has 2 unspecified atom stereocenters. The van der Waals surface area contributed by atoms with E-state index in [4.69, 9.17) is 14.2 Å². The smallest absolute Gasteiger partial charge is 0.200 e. The minimum Gasteiger partial charge on any atom is -0.493 e. The maximum atomic E-state index is 10.8. The molecule has 3 rings (SSSR count). The Morgan fingerprint density at radius 2 is 2.31 bits per heavy atom. The van der Waals surface area contributed by atoms with Gasteiger partial charge in [-0.15, -0.1) is 0 Å². The highest BCUT2D eigenvalue weighted by Gasteiger charge is 2.37. The largest absolute Gasteiger partial charge is 0.493 e. The van der Waals surface area contributed by atoms with Crippen LogP contribution in [0.15, 0.2) is 12.1 Å². The molecule has 0 saturated carbocycles. The van der Waals surface area contributed by atoms with E-state index in [1.807, 2.05) is 6.07 Å². The lowest BCUT2D eigenvalue weighted by molar-refractivity contribution is -0.0943. The zero-order valence-corrected chi connectivity index (χ0v) is 8.93. The highest BCUT2D eigenvalue weighted by Crippen LogP contribution is 2.47. The Labute approximate surface area is 93.1 Å². The second kappa shape index (κ2) is 3.49. The molecule has 0 aromatic heterocycles. The average Bonchev–Trinajstić information content (AvgIpc) is 2.71. The SMILES string of the molecule is COc1cc(C=O)cc2c1OC1CCC2O1. The molecule has 0 spiro atoms. The first-order chi connectivity index (χ1) is 7.81. The van der Waals surface area contributed by atoms with Crippen molar-refractivity contribution in [2.75, 3.05) is 7.11 Å². The highest BCUT2D eigenvalue weighted by atomic mass is 16.7. The number of rotatable bonds is 2. The Morgan fingerprint density at radius 1 is 1.44 bits per heavy atom. The lowest BCUT2D eigenvalue weighted by atomic mass is 10.0. The minimum absolute atomic E-state index is 0.0440. The summed E-state index contributed by atoms with van der Waals surface area (Å²) in [6.45, 7) is 0. The first kappa shape index (κ1) is 9.66. The summed E-state index contributed by atoms with van der Waals surface area (Å²) in [4.78, 5) is 10.8. The molecule has 2 aliphatic rings. The molecule has 2 heterocycles. The van der Waals surface area contributed by atoms with Gasteiger partial charge in [0.2, 0.25) is 6.29 Å². The molecule has 1 saturated heterocycles. The maximum absolute atomic E-state index is 10.8. The predicted molar refractivity (Wildman–Crippen MR) is 55.9 cm³/mol. The summed E-state index contributed by atoms with van der Waals surface area (Å²) in [5.74, 6) is 1.34. The molecule has 2 atom stereocenters. The molecule has 4 nitrogen and oxygen atoms in total. The average molecular weight is 220 g/mol. The van der Waals surface area contributed by atoms with E-state index in [9.17, 15) is 4.79 Å². The highest BCUT2D eigenvalue weighted by molar-refractivity contribution is 5.77. The van der Waals surface area contributed by atoms with Crippen LogP contribution in [0, 0.1) is 0 Å². The molecule has 4 heteroatoms. The molecular formula is C12H12O4. The van der Waals surface area contributed by atoms with E-state index in [1.54, 1.807) is 13.2 Å². The van der Waals surface area contributed by atoms with Crippen molar-refractivity contribution in [3.8, 4) is 11.5 Å². The summed E-state index contributed by atoms with van der Waals surface area (Å²) in [5.41, 5.74) is 1.52. The summed E-state index contributed by atoms with van der Waals surface area (Å²) >= 11 is 0. The first-order valence-corrected chi connectivity index (χ1v) is 5.31. The van der Waals surface area contributed by atoms with Crippen molar-refractivity contribution in [1.29, 1.82) is 0 Å². The van der Waals surface area contributed by atoms with Gasteiger partial charge in [0, 0.05) is 17.5 Å². The van der Waals surface area contributed by atoms with Gasteiger partial charge in [-0.1, -0.05) is 0 Å². The van der Waals surface area contributed by atoms with Crippen molar-refractivity contribution in [2.45, 2.75) is 25.2 Å². The van der Waals surface area contributed by atoms with Gasteiger partial charge in [-0.3, -0.25) is 4.79 Å². The number of methoxy groups -OCH3 is 1. The molecule has 0 amide bonds. The fourth-order valence-electron chi connectivity index (χ4n) is 2.28. The van der Waals surface area contributed by atoms with E-state index in [0.717, 1.165) is 30.4 Å². The van der Waals surface area contributed by atoms with E-state index >= 15 is 0 Å². The topological polar surface area (TPSA) is 44.8 Å². The van der Waals surface area contributed by atoms with Crippen molar-refractivity contribution in [3.05, 3.63) is 23.3 Å². The third-order valence-corrected chi connectivity index (χ3v) is 3.04. The minimum atomic E-state index is -0.159. The molecule has 0 radical (unpaired) electrons. The van der Waals surface area contributed by atoms with Crippen LogP contribution in [0.3, 0.4) is 0 Å². The van der Waals surface area contributed by atoms with Crippen molar-refractivity contribution in [3.63, 3.8) is 0 Å². The molecule has 16 heavy (non-hydrogen) atoms. The molecular weight excluding hydrogens is 208 g/mol. The van der Waals surface area contributed by atoms with Crippen molar-refractivity contribution in [2.24, 2.45) is 0 Å². The van der Waals surface area contributed by atoms with Crippen LogP contribution in [0.4, 0.5) is 0 Å². The van der Waals surface area contributed by atoms with Crippen LogP contribution >= 0.6 is 0 Å². The lowest BCUT2D eigenvalue weighted by Gasteiger charge is -2.26. The number of hydrogen-bond acceptors (Lipinski definition) is 4. The summed E-state index contributed by atoms with van der Waals surface area (Å²) in [5, 5.41) is 0. The quantitative estimate of drug-likeness (QED) is 0.716. The van der Waals surface area contributed by atoms with Crippen LogP contribution in [0.25, 0.3) is 0 Å². The van der Waals surface area contributed by atoms with Crippen LogP contribution < -0.4 is 9.47 Å². The molecule has 84 valence electrons. The zero-order valence-electron chi connectivity index (χ0n) is 8.93. The Balaban J connectivity index is 2.16. The molecule has 0 N–H and O–H groups in total. The summed E-state index contributed by atoms with van der Waals surface area (Å²) < 4.78 is 16.6. The second-order valence-electron chi connectivity index (χ2n) is 4.01. The Hall–Kier alpha value is -1.55. The molecule has 1 fully saturated rings. The van der Waals surface area contributed by atoms with Gasteiger partial charge in [0.25, 0.3) is 0 Å². The number of carbonyl (C=O) groups excluding carboxylic acids is 1. The van der Waals surface area contributed by atoms with Crippen molar-refractivity contribution < 1.29 is 19.0 Å². The van der Waals surface area contributed by atoms with Crippen LogP contribution in [-0.4, -0.2) is 19.7 Å². The van der Waals surface area contributed by atoms with Crippen LogP contribution in [0.2, 0.25) is 0 Å². The van der Waals surface area contributed by atoms with Gasteiger partial charge in [-0.2, -0.15) is 0 Å². The summed E-state index contributed by atoms with van der Waals surface area (Å²) in [6, 6.07) is 3.51. The van der Waals surface area contributed by atoms with E-state index in [1.165, 1.54) is 0 Å². The van der Waals surface area contributed by atoms with Crippen molar-refractivity contribution in [1.82, 2.24) is 0 Å². The standard InChI is InChI=1S/C12H12O4/c1-14-10-5-7(6-13)4-8-9-2-3-11(15-9)16-12(8)10/h4-6,9,11H,2-3H2,1H3. The third-order valence-electron chi connectivity index (χ3n) is 3.04. The predicted octanol–water partition coefficient (Wildman–Crippen LogP) is 2.08. The van der Waals surface area contributed by atoms with E-state index in [2.05, 4.69) is 0 Å². The number of aldehydes is 1. The Kier molecular flexibility index (Phi) is 2.11.